The van der Waals surface area contributed by atoms with Gasteiger partial charge in [-0.15, -0.1) is 0 Å². The van der Waals surface area contributed by atoms with Crippen molar-refractivity contribution in [1.29, 1.82) is 0 Å². The first-order valence-electron chi connectivity index (χ1n) is 9.79. The van der Waals surface area contributed by atoms with Crippen LogP contribution < -0.4 is 4.74 Å². The largest absolute Gasteiger partial charge is 0.493 e. The predicted octanol–water partition coefficient (Wildman–Crippen LogP) is 4.91. The van der Waals surface area contributed by atoms with Crippen molar-refractivity contribution in [2.24, 2.45) is 0 Å². The Labute approximate surface area is 185 Å². The van der Waals surface area contributed by atoms with E-state index in [1.165, 1.54) is 18.2 Å². The van der Waals surface area contributed by atoms with Crippen molar-refractivity contribution in [2.75, 3.05) is 33.3 Å². The molecule has 0 fully saturated rings. The minimum atomic E-state index is -0.557. The van der Waals surface area contributed by atoms with Crippen LogP contribution in [0.2, 0.25) is 10.0 Å². The van der Waals surface area contributed by atoms with Crippen LogP contribution in [0.5, 0.6) is 5.75 Å². The van der Waals surface area contributed by atoms with Crippen LogP contribution in [0.25, 0.3) is 0 Å². The summed E-state index contributed by atoms with van der Waals surface area (Å²) in [7, 11) is 1.73. The molecule has 1 heterocycles. The summed E-state index contributed by atoms with van der Waals surface area (Å²) in [5.74, 6) is -0.444. The Morgan fingerprint density at radius 3 is 2.53 bits per heavy atom. The molecular weight excluding hydrogens is 430 g/mol. The van der Waals surface area contributed by atoms with E-state index in [-0.39, 0.29) is 16.8 Å². The molecule has 0 N–H and O–H groups in total. The summed E-state index contributed by atoms with van der Waals surface area (Å²) >= 11 is 11.9. The average Bonchev–Trinajstić information content (AvgIpc) is 2.74. The van der Waals surface area contributed by atoms with Gasteiger partial charge in [0.05, 0.1) is 17.2 Å². The second-order valence-electron chi connectivity index (χ2n) is 7.20. The topological polar surface area (TPSA) is 49.9 Å². The van der Waals surface area contributed by atoms with Crippen molar-refractivity contribution in [2.45, 2.75) is 19.3 Å². The SMILES string of the molecule is CN1CCCCN(C(=O)c2ccc(F)c(Cl)c2)CCCOc2ccc(Cl)cc2C1=O. The zero-order valence-corrected chi connectivity index (χ0v) is 18.2. The van der Waals surface area contributed by atoms with Gasteiger partial charge >= 0.3 is 0 Å². The average molecular weight is 453 g/mol. The van der Waals surface area contributed by atoms with E-state index >= 15 is 0 Å². The minimum absolute atomic E-state index is 0.0783. The molecule has 0 radical (unpaired) electrons. The fourth-order valence-electron chi connectivity index (χ4n) is 3.32. The molecule has 2 aromatic rings. The monoisotopic (exact) mass is 452 g/mol. The highest BCUT2D eigenvalue weighted by Crippen LogP contribution is 2.25. The van der Waals surface area contributed by atoms with Crippen LogP contribution in [0.15, 0.2) is 36.4 Å². The third kappa shape index (κ3) is 5.43. The molecule has 30 heavy (non-hydrogen) atoms. The molecule has 160 valence electrons. The second-order valence-corrected chi connectivity index (χ2v) is 8.04. The lowest BCUT2D eigenvalue weighted by atomic mass is 10.1. The molecule has 2 amide bonds. The van der Waals surface area contributed by atoms with Gasteiger partial charge in [-0.2, -0.15) is 0 Å². The molecule has 1 aliphatic heterocycles. The van der Waals surface area contributed by atoms with E-state index in [1.54, 1.807) is 35.0 Å². The van der Waals surface area contributed by atoms with E-state index in [0.717, 1.165) is 12.8 Å². The number of hydrogen-bond acceptors (Lipinski definition) is 3. The molecule has 1 aliphatic rings. The van der Waals surface area contributed by atoms with Crippen LogP contribution in [-0.4, -0.2) is 54.9 Å². The molecule has 8 heteroatoms. The zero-order chi connectivity index (χ0) is 21.7. The summed E-state index contributed by atoms with van der Waals surface area (Å²) in [6.07, 6.45) is 2.03. The number of benzene rings is 2. The van der Waals surface area contributed by atoms with Gasteiger partial charge in [-0.25, -0.2) is 4.39 Å². The Morgan fingerprint density at radius 1 is 1.03 bits per heavy atom. The molecule has 0 aliphatic carbocycles. The maximum Gasteiger partial charge on any atom is 0.257 e. The Kier molecular flexibility index (Phi) is 7.56. The molecule has 0 bridgehead atoms. The predicted molar refractivity (Wildman–Crippen MR) is 115 cm³/mol. The lowest BCUT2D eigenvalue weighted by Crippen LogP contribution is -2.34. The minimum Gasteiger partial charge on any atom is -0.493 e. The van der Waals surface area contributed by atoms with Crippen LogP contribution in [0.1, 0.15) is 40.0 Å². The molecule has 0 spiro atoms. The lowest BCUT2D eigenvalue weighted by molar-refractivity contribution is 0.0735. The van der Waals surface area contributed by atoms with Gasteiger partial charge in [0.1, 0.15) is 11.6 Å². The highest BCUT2D eigenvalue weighted by Gasteiger charge is 2.20. The fourth-order valence-corrected chi connectivity index (χ4v) is 3.67. The van der Waals surface area contributed by atoms with Crippen LogP contribution >= 0.6 is 23.2 Å². The maximum absolute atomic E-state index is 13.4. The Morgan fingerprint density at radius 2 is 1.77 bits per heavy atom. The number of carbonyl (C=O) groups is 2. The normalized spacial score (nSPS) is 16.1. The van der Waals surface area contributed by atoms with E-state index in [1.807, 2.05) is 0 Å². The van der Waals surface area contributed by atoms with E-state index in [4.69, 9.17) is 27.9 Å². The summed E-state index contributed by atoms with van der Waals surface area (Å²) in [6.45, 7) is 1.87. The van der Waals surface area contributed by atoms with Crippen molar-refractivity contribution in [1.82, 2.24) is 9.80 Å². The number of nitrogens with zero attached hydrogens (tertiary/aromatic N) is 2. The first-order chi connectivity index (χ1) is 14.4. The Balaban J connectivity index is 1.77. The van der Waals surface area contributed by atoms with Crippen LogP contribution in [0, 0.1) is 5.82 Å². The Bertz CT molecular complexity index is 939. The number of amides is 2. The molecule has 0 atom stereocenters. The quantitative estimate of drug-likeness (QED) is 0.617. The van der Waals surface area contributed by atoms with Gasteiger partial charge in [0.15, 0.2) is 0 Å². The molecular formula is C22H23Cl2FN2O3. The first kappa shape index (κ1) is 22.4. The Hall–Kier alpha value is -2.31. The van der Waals surface area contributed by atoms with Gasteiger partial charge in [0.2, 0.25) is 0 Å². The fraction of sp³-hybridized carbons (Fsp3) is 0.364. The third-order valence-electron chi connectivity index (χ3n) is 4.97. The molecule has 0 saturated heterocycles. The number of carbonyl (C=O) groups excluding carboxylic acids is 2. The van der Waals surface area contributed by atoms with Gasteiger partial charge in [-0.3, -0.25) is 9.59 Å². The van der Waals surface area contributed by atoms with Crippen LogP contribution in [-0.2, 0) is 0 Å². The van der Waals surface area contributed by atoms with Gasteiger partial charge in [0, 0.05) is 37.3 Å². The van der Waals surface area contributed by atoms with E-state index in [0.29, 0.717) is 54.6 Å². The summed E-state index contributed by atoms with van der Waals surface area (Å²) < 4.78 is 19.3. The summed E-state index contributed by atoms with van der Waals surface area (Å²) in [5.41, 5.74) is 0.775. The summed E-state index contributed by atoms with van der Waals surface area (Å²) in [5, 5.41) is 0.392. The summed E-state index contributed by atoms with van der Waals surface area (Å²) in [6, 6.07) is 8.97. The number of fused-ring (bicyclic) bond motifs is 1. The second kappa shape index (κ2) is 10.1. The third-order valence-corrected chi connectivity index (χ3v) is 5.50. The number of hydrogen-bond donors (Lipinski definition) is 0. The molecule has 3 rings (SSSR count). The molecule has 0 aromatic heterocycles. The van der Waals surface area contributed by atoms with Gasteiger partial charge < -0.3 is 14.5 Å². The first-order valence-corrected chi connectivity index (χ1v) is 10.5. The molecule has 5 nitrogen and oxygen atoms in total. The van der Waals surface area contributed by atoms with Gasteiger partial charge in [0.25, 0.3) is 11.8 Å². The van der Waals surface area contributed by atoms with E-state index in [9.17, 15) is 14.0 Å². The van der Waals surface area contributed by atoms with Crippen molar-refractivity contribution in [3.05, 3.63) is 63.4 Å². The van der Waals surface area contributed by atoms with E-state index in [2.05, 4.69) is 0 Å². The van der Waals surface area contributed by atoms with Gasteiger partial charge in [-0.05, 0) is 55.7 Å². The van der Waals surface area contributed by atoms with Crippen molar-refractivity contribution in [3.63, 3.8) is 0 Å². The van der Waals surface area contributed by atoms with E-state index < -0.39 is 5.82 Å². The van der Waals surface area contributed by atoms with Crippen LogP contribution in [0.3, 0.4) is 0 Å². The zero-order valence-electron chi connectivity index (χ0n) is 16.7. The standard InChI is InChI=1S/C22H23Cl2FN2O3/c1-26-9-2-3-10-27(21(28)15-5-7-19(25)18(24)13-15)11-4-12-30-20-8-6-16(23)14-17(20)22(26)29/h5-8,13-14H,2-4,9-12H2,1H3. The number of halogens is 3. The smallest absolute Gasteiger partial charge is 0.257 e. The van der Waals surface area contributed by atoms with Crippen molar-refractivity contribution in [3.8, 4) is 5.75 Å². The highest BCUT2D eigenvalue weighted by atomic mass is 35.5. The molecule has 0 saturated carbocycles. The maximum atomic E-state index is 13.4. The lowest BCUT2D eigenvalue weighted by Gasteiger charge is -2.23. The van der Waals surface area contributed by atoms with Crippen molar-refractivity contribution < 1.29 is 18.7 Å². The van der Waals surface area contributed by atoms with Gasteiger partial charge in [-0.1, -0.05) is 23.2 Å². The summed E-state index contributed by atoms with van der Waals surface area (Å²) in [4.78, 5) is 29.1. The highest BCUT2D eigenvalue weighted by molar-refractivity contribution is 6.31. The molecule has 2 aromatic carbocycles. The van der Waals surface area contributed by atoms with Crippen LogP contribution in [0.4, 0.5) is 4.39 Å². The number of ether oxygens (including phenoxy) is 1. The molecule has 0 unspecified atom stereocenters. The van der Waals surface area contributed by atoms with Crippen molar-refractivity contribution >= 4 is 35.0 Å². The number of rotatable bonds is 1.